The van der Waals surface area contributed by atoms with Gasteiger partial charge in [-0.25, -0.2) is 0 Å². The topological polar surface area (TPSA) is 184 Å². The molecule has 2 rings (SSSR count). The monoisotopic (exact) mass is 268 g/mol. The second-order valence-electron chi connectivity index (χ2n) is 4.69. The molecule has 0 saturated heterocycles. The fourth-order valence-electron chi connectivity index (χ4n) is 3.19. The van der Waals surface area contributed by atoms with Gasteiger partial charge in [-0.2, -0.15) is 0 Å². The molecule has 19 heavy (non-hydrogen) atoms. The highest BCUT2D eigenvalue weighted by Crippen LogP contribution is 2.59. The molecule has 0 unspecified atom stereocenters. The van der Waals surface area contributed by atoms with Gasteiger partial charge in [-0.3, -0.25) is 20.2 Å². The molecule has 0 N–H and O–H groups in total. The van der Waals surface area contributed by atoms with Gasteiger partial charge in [0.15, 0.2) is 0 Å². The minimum atomic E-state index is -1.86. The smallest absolute Gasteiger partial charge is 0.264 e. The van der Waals surface area contributed by atoms with Gasteiger partial charge in [0.1, 0.15) is 0 Å². The summed E-state index contributed by atoms with van der Waals surface area (Å²) >= 11 is 0. The Balaban J connectivity index is 2.44. The third-order valence-corrected chi connectivity index (χ3v) is 4.04. The first-order valence-electron chi connectivity index (χ1n) is 5.34. The van der Waals surface area contributed by atoms with E-state index in [1.54, 1.807) is 0 Å². The molecule has 4 atom stereocenters. The lowest BCUT2D eigenvalue weighted by atomic mass is 9.83. The summed E-state index contributed by atoms with van der Waals surface area (Å²) < 4.78 is 0. The van der Waals surface area contributed by atoms with Crippen molar-refractivity contribution < 1.29 is 9.85 Å². The minimum absolute atomic E-state index is 0.139. The largest absolute Gasteiger partial charge is 0.304 e. The van der Waals surface area contributed by atoms with E-state index in [9.17, 15) is 20.2 Å². The van der Waals surface area contributed by atoms with Crippen LogP contribution in [0.25, 0.3) is 20.9 Å². The molecule has 2 saturated carbocycles. The van der Waals surface area contributed by atoms with Gasteiger partial charge in [-0.05, 0) is 27.7 Å². The van der Waals surface area contributed by atoms with Crippen LogP contribution in [0.5, 0.6) is 0 Å². The zero-order chi connectivity index (χ0) is 14.3. The fourth-order valence-corrected chi connectivity index (χ4v) is 3.19. The summed E-state index contributed by atoms with van der Waals surface area (Å²) in [7, 11) is 0. The Morgan fingerprint density at radius 2 is 1.37 bits per heavy atom. The first-order valence-corrected chi connectivity index (χ1v) is 5.34. The van der Waals surface area contributed by atoms with Crippen LogP contribution in [-0.4, -0.2) is 21.2 Å². The summed E-state index contributed by atoms with van der Waals surface area (Å²) in [6.07, 6.45) is -0.427. The van der Waals surface area contributed by atoms with Gasteiger partial charge in [0, 0.05) is 44.3 Å². The molecule has 2 bridgehead atoms. The van der Waals surface area contributed by atoms with Crippen molar-refractivity contribution in [3.05, 3.63) is 41.1 Å². The maximum Gasteiger partial charge on any atom is 0.304 e. The van der Waals surface area contributed by atoms with E-state index in [1.165, 1.54) is 0 Å². The molecule has 0 heterocycles. The van der Waals surface area contributed by atoms with Crippen molar-refractivity contribution in [1.29, 1.82) is 0 Å². The predicted octanol–water partition coefficient (Wildman–Crippen LogP) is 1.98. The molecule has 100 valence electrons. The first kappa shape index (κ1) is 12.9. The van der Waals surface area contributed by atoms with Crippen molar-refractivity contribution in [3.63, 3.8) is 0 Å². The molecule has 0 spiro atoms. The van der Waals surface area contributed by atoms with E-state index < -0.39 is 33.0 Å². The average molecular weight is 268 g/mol. The molecular formula is C7H8N8O4. The maximum atomic E-state index is 11.1. The highest BCUT2D eigenvalue weighted by atomic mass is 16.6. The number of nitrogens with zero attached hydrogens (tertiary/aromatic N) is 8. The summed E-state index contributed by atoms with van der Waals surface area (Å²) in [4.78, 5) is 25.8. The van der Waals surface area contributed by atoms with Gasteiger partial charge < -0.3 is 0 Å². The third-order valence-electron chi connectivity index (χ3n) is 4.04. The zero-order valence-corrected chi connectivity index (χ0v) is 9.49. The number of rotatable bonds is 4. The Morgan fingerprint density at radius 3 is 1.58 bits per heavy atom. The lowest BCUT2D eigenvalue weighted by molar-refractivity contribution is -0.608. The van der Waals surface area contributed by atoms with E-state index >= 15 is 0 Å². The Hall–Kier alpha value is -2.58. The summed E-state index contributed by atoms with van der Waals surface area (Å²) in [5.74, 6) is -1.58. The van der Waals surface area contributed by atoms with Crippen LogP contribution < -0.4 is 0 Å². The van der Waals surface area contributed by atoms with Crippen LogP contribution in [0.3, 0.4) is 0 Å². The Kier molecular flexibility index (Phi) is 2.69. The van der Waals surface area contributed by atoms with Gasteiger partial charge in [0.2, 0.25) is 0 Å². The van der Waals surface area contributed by atoms with Crippen molar-refractivity contribution in [2.24, 2.45) is 22.1 Å². The highest BCUT2D eigenvalue weighted by molar-refractivity contribution is 5.10. The van der Waals surface area contributed by atoms with Crippen molar-refractivity contribution in [2.45, 2.75) is 30.6 Å². The molecule has 0 aromatic carbocycles. The molecule has 0 aromatic rings. The molecule has 2 aliphatic rings. The number of hydrogen-bond donors (Lipinski definition) is 0. The van der Waals surface area contributed by atoms with Gasteiger partial charge in [0.25, 0.3) is 0 Å². The fraction of sp³-hybridized carbons (Fsp3) is 1.00. The Bertz CT molecular complexity index is 495. The minimum Gasteiger partial charge on any atom is -0.264 e. The highest BCUT2D eigenvalue weighted by Gasteiger charge is 2.73. The van der Waals surface area contributed by atoms with Crippen LogP contribution in [0.15, 0.2) is 10.2 Å². The second-order valence-corrected chi connectivity index (χ2v) is 4.69. The van der Waals surface area contributed by atoms with E-state index in [1.807, 2.05) is 0 Å². The van der Waals surface area contributed by atoms with Crippen LogP contribution in [0.2, 0.25) is 0 Å². The molecule has 2 aliphatic carbocycles. The zero-order valence-electron chi connectivity index (χ0n) is 9.49. The number of azide groups is 2. The molecule has 12 nitrogen and oxygen atoms in total. The van der Waals surface area contributed by atoms with E-state index in [0.717, 1.165) is 0 Å². The summed E-state index contributed by atoms with van der Waals surface area (Å²) in [5, 5.41) is 28.7. The van der Waals surface area contributed by atoms with E-state index in [2.05, 4.69) is 20.1 Å². The quantitative estimate of drug-likeness (QED) is 0.248. The third kappa shape index (κ3) is 1.47. The van der Waals surface area contributed by atoms with E-state index in [-0.39, 0.29) is 19.3 Å². The molecule has 2 fully saturated rings. The number of nitro groups is 2. The molecule has 0 radical (unpaired) electrons. The van der Waals surface area contributed by atoms with Crippen LogP contribution in [0.4, 0.5) is 0 Å². The van der Waals surface area contributed by atoms with Gasteiger partial charge >= 0.3 is 11.3 Å². The van der Waals surface area contributed by atoms with Crippen LogP contribution in [0, 0.1) is 32.1 Å². The molecule has 12 heteroatoms. The molecular weight excluding hydrogens is 260 g/mol. The van der Waals surface area contributed by atoms with Crippen LogP contribution in [0.1, 0.15) is 19.3 Å². The van der Waals surface area contributed by atoms with Gasteiger partial charge in [-0.15, -0.1) is 0 Å². The van der Waals surface area contributed by atoms with Crippen molar-refractivity contribution >= 4 is 0 Å². The lowest BCUT2D eigenvalue weighted by Crippen LogP contribution is -2.51. The summed E-state index contributed by atoms with van der Waals surface area (Å²) in [6, 6.07) is 0. The normalized spacial score (nSPS) is 39.2. The molecule has 0 aliphatic heterocycles. The predicted molar refractivity (Wildman–Crippen MR) is 58.6 cm³/mol. The van der Waals surface area contributed by atoms with Crippen LogP contribution in [-0.2, 0) is 0 Å². The summed E-state index contributed by atoms with van der Waals surface area (Å²) in [6.45, 7) is 0. The average Bonchev–Trinajstić information content (AvgIpc) is 2.86. The Labute approximate surface area is 104 Å². The standard InChI is InChI=1S/C7H8N8O4/c8-12-10-6(14(16)17)2-4-1-5(6)3-7(4,11-13-9)15(18)19/h4-5H,1-3H2/t4-,5-,6-,7+/m0/s1. The van der Waals surface area contributed by atoms with Crippen molar-refractivity contribution in [1.82, 2.24) is 0 Å². The molecule has 0 aromatic heterocycles. The van der Waals surface area contributed by atoms with Gasteiger partial charge in [-0.1, -0.05) is 0 Å². The van der Waals surface area contributed by atoms with Crippen molar-refractivity contribution in [2.75, 3.05) is 0 Å². The summed E-state index contributed by atoms with van der Waals surface area (Å²) in [5.41, 5.74) is 13.2. The molecule has 0 amide bonds. The van der Waals surface area contributed by atoms with Crippen LogP contribution >= 0.6 is 0 Å². The lowest BCUT2D eigenvalue weighted by Gasteiger charge is -2.30. The number of hydrogen-bond acceptors (Lipinski definition) is 6. The van der Waals surface area contributed by atoms with E-state index in [4.69, 9.17) is 11.1 Å². The first-order chi connectivity index (χ1) is 8.93. The van der Waals surface area contributed by atoms with Gasteiger partial charge in [0.05, 0.1) is 0 Å². The van der Waals surface area contributed by atoms with Crippen molar-refractivity contribution in [3.8, 4) is 0 Å². The SMILES string of the molecule is [N-]=[N+]=N[C@@]1([N+](=O)[O-])C[C@@H]2C[C@H]1C[C@]2(N=[N+]=[N-])[N+](=O)[O-]. The Morgan fingerprint density at radius 1 is 1.00 bits per heavy atom. The van der Waals surface area contributed by atoms with E-state index in [0.29, 0.717) is 0 Å². The number of fused-ring (bicyclic) bond motifs is 2. The maximum absolute atomic E-state index is 11.1. The second kappa shape index (κ2) is 3.97.